The highest BCUT2D eigenvalue weighted by Gasteiger charge is 2.47. The van der Waals surface area contributed by atoms with Crippen LogP contribution in [0.2, 0.25) is 0 Å². The molecule has 3 atom stereocenters. The van der Waals surface area contributed by atoms with Crippen LogP contribution in [0.5, 0.6) is 0 Å². The summed E-state index contributed by atoms with van der Waals surface area (Å²) in [6.45, 7) is 5.92. The van der Waals surface area contributed by atoms with E-state index in [-0.39, 0.29) is 18.5 Å². The molecule has 84 valence electrons. The molecule has 1 saturated heterocycles. The summed E-state index contributed by atoms with van der Waals surface area (Å²) in [7, 11) is 0. The second-order valence-corrected chi connectivity index (χ2v) is 5.10. The highest BCUT2D eigenvalue weighted by molar-refractivity contribution is 5.06. The summed E-state index contributed by atoms with van der Waals surface area (Å²) in [4.78, 5) is 10.7. The van der Waals surface area contributed by atoms with Crippen LogP contribution in [0.3, 0.4) is 0 Å². The Morgan fingerprint density at radius 2 is 1.73 bits per heavy atom. The molecule has 3 nitrogen and oxygen atoms in total. The fraction of sp³-hybridized carbons (Fsp3) is 0.833. The van der Waals surface area contributed by atoms with E-state index in [2.05, 4.69) is 6.58 Å². The Hall–Kier alpha value is -0.380. The predicted molar refractivity (Wildman–Crippen MR) is 54.9 cm³/mol. The summed E-state index contributed by atoms with van der Waals surface area (Å²) in [6, 6.07) is 0. The molecule has 0 aromatic rings. The van der Waals surface area contributed by atoms with Crippen molar-refractivity contribution in [1.82, 2.24) is 0 Å². The van der Waals surface area contributed by atoms with Crippen molar-refractivity contribution in [2.24, 2.45) is 11.8 Å². The van der Waals surface area contributed by atoms with Crippen molar-refractivity contribution in [2.75, 3.05) is 0 Å². The lowest BCUT2D eigenvalue weighted by Crippen LogP contribution is -2.44. The van der Waals surface area contributed by atoms with E-state index < -0.39 is 0 Å². The van der Waals surface area contributed by atoms with Crippen molar-refractivity contribution in [2.45, 2.75) is 51.1 Å². The topological polar surface area (TPSA) is 27.7 Å². The molecule has 0 spiro atoms. The Kier molecular flexibility index (Phi) is 2.34. The smallest absolute Gasteiger partial charge is 0.194 e. The third-order valence-electron chi connectivity index (χ3n) is 3.42. The normalized spacial score (nSPS) is 41.5. The maximum Gasteiger partial charge on any atom is 0.194 e. The van der Waals surface area contributed by atoms with E-state index in [1.807, 2.05) is 6.92 Å². The second-order valence-electron chi connectivity index (χ2n) is 5.10. The minimum atomic E-state index is -0.119. The van der Waals surface area contributed by atoms with Crippen LogP contribution in [0, 0.1) is 11.8 Å². The molecule has 3 rings (SSSR count). The number of ether oxygens (including phenoxy) is 1. The van der Waals surface area contributed by atoms with Gasteiger partial charge in [-0.2, -0.15) is 0 Å². The number of hydrogen-bond acceptors (Lipinski definition) is 3. The summed E-state index contributed by atoms with van der Waals surface area (Å²) >= 11 is 0. The standard InChI is InChI=1S/C12H18O3/c1-7(2)10-11(8-3-4-8)13-12(15-14-10)9-5-6-9/h8-12H,1,3-6H2,2H3/t10-,11-,12-/m0/s1. The van der Waals surface area contributed by atoms with Crippen LogP contribution in [0.25, 0.3) is 0 Å². The van der Waals surface area contributed by atoms with E-state index in [0.29, 0.717) is 11.8 Å². The summed E-state index contributed by atoms with van der Waals surface area (Å²) < 4.78 is 6.00. The fourth-order valence-electron chi connectivity index (χ4n) is 2.12. The van der Waals surface area contributed by atoms with E-state index >= 15 is 0 Å². The molecule has 2 saturated carbocycles. The average molecular weight is 210 g/mol. The minimum absolute atomic E-state index is 0.0625. The molecule has 0 aromatic heterocycles. The lowest BCUT2D eigenvalue weighted by atomic mass is 10.0. The summed E-state index contributed by atoms with van der Waals surface area (Å²) in [5.41, 5.74) is 1.00. The maximum absolute atomic E-state index is 6.00. The number of rotatable bonds is 3. The first-order valence-corrected chi connectivity index (χ1v) is 5.88. The van der Waals surface area contributed by atoms with Crippen LogP contribution in [0.15, 0.2) is 12.2 Å². The Labute approximate surface area is 90.3 Å². The quantitative estimate of drug-likeness (QED) is 0.529. The fourth-order valence-corrected chi connectivity index (χ4v) is 2.12. The van der Waals surface area contributed by atoms with Crippen molar-refractivity contribution in [3.8, 4) is 0 Å². The first kappa shape index (κ1) is 9.82. The Morgan fingerprint density at radius 1 is 1.07 bits per heavy atom. The molecule has 0 aromatic carbocycles. The molecular weight excluding hydrogens is 192 g/mol. The largest absolute Gasteiger partial charge is 0.343 e. The van der Waals surface area contributed by atoms with Crippen molar-refractivity contribution in [3.05, 3.63) is 12.2 Å². The highest BCUT2D eigenvalue weighted by Crippen LogP contribution is 2.44. The Balaban J connectivity index is 1.68. The first-order chi connectivity index (χ1) is 7.25. The van der Waals surface area contributed by atoms with Gasteiger partial charge in [0.25, 0.3) is 0 Å². The average Bonchev–Trinajstić information content (AvgIpc) is 3.07. The molecule has 0 bridgehead atoms. The third-order valence-corrected chi connectivity index (χ3v) is 3.42. The van der Waals surface area contributed by atoms with Crippen molar-refractivity contribution in [1.29, 1.82) is 0 Å². The van der Waals surface area contributed by atoms with Gasteiger partial charge in [-0.1, -0.05) is 6.58 Å². The van der Waals surface area contributed by atoms with Gasteiger partial charge in [-0.15, -0.1) is 0 Å². The lowest BCUT2D eigenvalue weighted by molar-refractivity contribution is -0.457. The van der Waals surface area contributed by atoms with Gasteiger partial charge in [0.2, 0.25) is 0 Å². The minimum Gasteiger partial charge on any atom is -0.343 e. The van der Waals surface area contributed by atoms with Crippen LogP contribution in [-0.4, -0.2) is 18.5 Å². The van der Waals surface area contributed by atoms with Crippen LogP contribution < -0.4 is 0 Å². The number of hydrogen-bond donors (Lipinski definition) is 0. The molecule has 3 heteroatoms. The van der Waals surface area contributed by atoms with Crippen molar-refractivity contribution in [3.63, 3.8) is 0 Å². The van der Waals surface area contributed by atoms with Gasteiger partial charge in [-0.05, 0) is 44.1 Å². The van der Waals surface area contributed by atoms with E-state index in [1.165, 1.54) is 25.7 Å². The van der Waals surface area contributed by atoms with Gasteiger partial charge in [0.05, 0.1) is 6.10 Å². The van der Waals surface area contributed by atoms with Gasteiger partial charge < -0.3 is 4.74 Å². The Bertz CT molecular complexity index is 268. The van der Waals surface area contributed by atoms with Crippen molar-refractivity contribution >= 4 is 0 Å². The highest BCUT2D eigenvalue weighted by atomic mass is 17.2. The van der Waals surface area contributed by atoms with Gasteiger partial charge in [-0.3, -0.25) is 0 Å². The van der Waals surface area contributed by atoms with E-state index in [4.69, 9.17) is 14.5 Å². The zero-order chi connectivity index (χ0) is 10.4. The first-order valence-electron chi connectivity index (χ1n) is 5.88. The SMILES string of the molecule is C=C(C)[C@@H]1OO[C@@H](C2CC2)O[C@H]1C1CC1. The second kappa shape index (κ2) is 3.58. The Morgan fingerprint density at radius 3 is 2.27 bits per heavy atom. The van der Waals surface area contributed by atoms with Crippen LogP contribution in [0.4, 0.5) is 0 Å². The third kappa shape index (κ3) is 1.96. The van der Waals surface area contributed by atoms with E-state index in [1.54, 1.807) is 0 Å². The summed E-state index contributed by atoms with van der Waals surface area (Å²) in [5.74, 6) is 1.23. The van der Waals surface area contributed by atoms with Gasteiger partial charge in [0.15, 0.2) is 6.29 Å². The van der Waals surface area contributed by atoms with Crippen LogP contribution in [-0.2, 0) is 14.5 Å². The maximum atomic E-state index is 6.00. The van der Waals surface area contributed by atoms with Crippen LogP contribution >= 0.6 is 0 Å². The van der Waals surface area contributed by atoms with Gasteiger partial charge >= 0.3 is 0 Å². The van der Waals surface area contributed by atoms with Crippen LogP contribution in [0.1, 0.15) is 32.6 Å². The molecule has 0 amide bonds. The molecule has 2 aliphatic carbocycles. The summed E-state index contributed by atoms with van der Waals surface area (Å²) in [5, 5.41) is 0. The monoisotopic (exact) mass is 210 g/mol. The molecule has 15 heavy (non-hydrogen) atoms. The molecule has 0 unspecified atom stereocenters. The molecule has 3 fully saturated rings. The zero-order valence-electron chi connectivity index (χ0n) is 9.15. The van der Waals surface area contributed by atoms with E-state index in [9.17, 15) is 0 Å². The molecule has 1 heterocycles. The molecule has 3 aliphatic rings. The molecular formula is C12H18O3. The van der Waals surface area contributed by atoms with Gasteiger partial charge in [0.1, 0.15) is 6.10 Å². The summed E-state index contributed by atoms with van der Waals surface area (Å²) in [6.07, 6.45) is 4.94. The molecule has 0 N–H and O–H groups in total. The lowest BCUT2D eigenvalue weighted by Gasteiger charge is -2.35. The molecule has 0 radical (unpaired) electrons. The predicted octanol–water partition coefficient (Wildman–Crippen LogP) is 2.42. The van der Waals surface area contributed by atoms with E-state index in [0.717, 1.165) is 5.57 Å². The zero-order valence-corrected chi connectivity index (χ0v) is 9.15. The molecule has 1 aliphatic heterocycles. The van der Waals surface area contributed by atoms with Gasteiger partial charge in [0, 0.05) is 5.92 Å². The van der Waals surface area contributed by atoms with Gasteiger partial charge in [-0.25, -0.2) is 9.78 Å². The van der Waals surface area contributed by atoms with Crippen molar-refractivity contribution < 1.29 is 14.5 Å².